The molecule has 1 unspecified atom stereocenters. The highest BCUT2D eigenvalue weighted by atomic mass is 16.4. The maximum absolute atomic E-state index is 10.1. The summed E-state index contributed by atoms with van der Waals surface area (Å²) in [7, 11) is 7.64. The number of carboxylic acids is 2. The molecule has 0 aromatic heterocycles. The van der Waals surface area contributed by atoms with Gasteiger partial charge in [0.25, 0.3) is 5.97 Å². The lowest BCUT2D eigenvalue weighted by atomic mass is 10.3. The van der Waals surface area contributed by atoms with Crippen LogP contribution in [-0.2, 0) is 9.59 Å². The summed E-state index contributed by atoms with van der Waals surface area (Å²) in [4.78, 5) is 22.9. The minimum Gasteiger partial charge on any atom is -0.481 e. The van der Waals surface area contributed by atoms with E-state index in [9.17, 15) is 4.79 Å². The molecular formula is C13H33N5O4. The number of aliphatic carboxylic acids is 2. The molecular weight excluding hydrogens is 290 g/mol. The SMILES string of the molecule is CC(=O)O.CC(C(=O)O)N(C)C.CCCN(C)C.N=C(N)N. The van der Waals surface area contributed by atoms with Crippen molar-refractivity contribution in [2.75, 3.05) is 34.7 Å². The average molecular weight is 323 g/mol. The fourth-order valence-electron chi connectivity index (χ4n) is 0.668. The summed E-state index contributed by atoms with van der Waals surface area (Å²) < 4.78 is 0. The number of carbonyl (C=O) groups is 2. The van der Waals surface area contributed by atoms with E-state index in [1.165, 1.54) is 13.0 Å². The first-order valence-corrected chi connectivity index (χ1v) is 6.62. The smallest absolute Gasteiger partial charge is 0.320 e. The van der Waals surface area contributed by atoms with Crippen LogP contribution in [0.2, 0.25) is 0 Å². The summed E-state index contributed by atoms with van der Waals surface area (Å²) in [6.07, 6.45) is 1.26. The van der Waals surface area contributed by atoms with E-state index in [1.807, 2.05) is 0 Å². The molecule has 0 amide bonds. The highest BCUT2D eigenvalue weighted by Crippen LogP contribution is 1.88. The first-order valence-electron chi connectivity index (χ1n) is 6.62. The average Bonchev–Trinajstić information content (AvgIpc) is 2.26. The maximum atomic E-state index is 10.1. The Hall–Kier alpha value is -1.87. The van der Waals surface area contributed by atoms with Gasteiger partial charge in [0.2, 0.25) is 0 Å². The molecule has 9 heteroatoms. The van der Waals surface area contributed by atoms with Gasteiger partial charge in [-0.15, -0.1) is 0 Å². The number of hydrogen-bond acceptors (Lipinski definition) is 5. The van der Waals surface area contributed by atoms with Crippen molar-refractivity contribution >= 4 is 17.9 Å². The highest BCUT2D eigenvalue weighted by Gasteiger charge is 2.11. The first-order chi connectivity index (χ1) is 9.79. The Balaban J connectivity index is -0.000000103. The van der Waals surface area contributed by atoms with Crippen molar-refractivity contribution in [3.8, 4) is 0 Å². The zero-order valence-corrected chi connectivity index (χ0v) is 14.8. The van der Waals surface area contributed by atoms with Gasteiger partial charge in [0.05, 0.1) is 0 Å². The van der Waals surface area contributed by atoms with Crippen molar-refractivity contribution in [1.29, 1.82) is 5.41 Å². The van der Waals surface area contributed by atoms with Crippen LogP contribution in [-0.4, -0.2) is 78.7 Å². The number of rotatable bonds is 4. The molecule has 0 aromatic rings. The molecule has 0 saturated heterocycles. The Morgan fingerprint density at radius 2 is 1.41 bits per heavy atom. The van der Waals surface area contributed by atoms with Gasteiger partial charge in [-0.3, -0.25) is 19.9 Å². The number of guanidine groups is 1. The second-order valence-corrected chi connectivity index (χ2v) is 4.76. The molecule has 0 aliphatic rings. The number of nitrogens with one attached hydrogen (secondary N) is 1. The molecule has 1 atom stereocenters. The molecule has 0 rings (SSSR count). The van der Waals surface area contributed by atoms with Crippen LogP contribution in [0.15, 0.2) is 0 Å². The molecule has 0 aliphatic heterocycles. The van der Waals surface area contributed by atoms with Crippen molar-refractivity contribution in [3.05, 3.63) is 0 Å². The van der Waals surface area contributed by atoms with Crippen molar-refractivity contribution in [1.82, 2.24) is 9.80 Å². The third-order valence-corrected chi connectivity index (χ3v) is 1.80. The van der Waals surface area contributed by atoms with Gasteiger partial charge >= 0.3 is 5.97 Å². The Bertz CT molecular complexity index is 276. The van der Waals surface area contributed by atoms with Crippen LogP contribution in [0, 0.1) is 5.41 Å². The largest absolute Gasteiger partial charge is 0.481 e. The van der Waals surface area contributed by atoms with Gasteiger partial charge in [0.1, 0.15) is 6.04 Å². The van der Waals surface area contributed by atoms with E-state index >= 15 is 0 Å². The molecule has 0 aliphatic carbocycles. The standard InChI is InChI=1S/C5H11NO2.C5H13N.C2H4O2.CH5N3/c1-4(5(7)8)6(2)3;1-4-5-6(2)3;1-2(3)4;2-1(3)4/h4H,1-3H3,(H,7,8);4-5H2,1-3H3;1H3,(H,3,4);(H5,2,3,4). The molecule has 0 fully saturated rings. The minimum absolute atomic E-state index is 0.333. The van der Waals surface area contributed by atoms with E-state index in [1.54, 1.807) is 25.9 Å². The lowest BCUT2D eigenvalue weighted by Crippen LogP contribution is -2.32. The van der Waals surface area contributed by atoms with Gasteiger partial charge in [-0.05, 0) is 48.1 Å². The fraction of sp³-hybridized carbons (Fsp3) is 0.769. The second kappa shape index (κ2) is 19.1. The van der Waals surface area contributed by atoms with Gasteiger partial charge in [-0.2, -0.15) is 0 Å². The highest BCUT2D eigenvalue weighted by molar-refractivity contribution is 5.72. The van der Waals surface area contributed by atoms with E-state index in [-0.39, 0.29) is 12.0 Å². The minimum atomic E-state index is -0.833. The third-order valence-electron chi connectivity index (χ3n) is 1.80. The number of carboxylic acid groups (broad SMARTS) is 2. The van der Waals surface area contributed by atoms with Gasteiger partial charge < -0.3 is 26.6 Å². The predicted molar refractivity (Wildman–Crippen MR) is 89.0 cm³/mol. The number of nitrogens with two attached hydrogens (primary N) is 2. The summed E-state index contributed by atoms with van der Waals surface area (Å²) in [6.45, 7) is 6.11. The van der Waals surface area contributed by atoms with Gasteiger partial charge in [0.15, 0.2) is 5.96 Å². The molecule has 0 radical (unpaired) electrons. The second-order valence-electron chi connectivity index (χ2n) is 4.76. The van der Waals surface area contributed by atoms with E-state index in [0.29, 0.717) is 0 Å². The summed E-state index contributed by atoms with van der Waals surface area (Å²) in [5.41, 5.74) is 8.94. The van der Waals surface area contributed by atoms with Gasteiger partial charge in [0, 0.05) is 6.92 Å². The first kappa shape index (κ1) is 28.3. The van der Waals surface area contributed by atoms with E-state index in [4.69, 9.17) is 20.4 Å². The number of nitrogens with zero attached hydrogens (tertiary/aromatic N) is 2. The zero-order valence-electron chi connectivity index (χ0n) is 14.8. The quantitative estimate of drug-likeness (QED) is 0.355. The molecule has 134 valence electrons. The summed E-state index contributed by atoms with van der Waals surface area (Å²) in [6, 6.07) is -0.380. The summed E-state index contributed by atoms with van der Waals surface area (Å²) in [5, 5.41) is 21.8. The lowest BCUT2D eigenvalue weighted by Gasteiger charge is -2.13. The van der Waals surface area contributed by atoms with E-state index in [0.717, 1.165) is 6.92 Å². The predicted octanol–water partition coefficient (Wildman–Crippen LogP) is -0.0914. The molecule has 0 bridgehead atoms. The van der Waals surface area contributed by atoms with Crippen molar-refractivity contribution in [3.63, 3.8) is 0 Å². The van der Waals surface area contributed by atoms with Crippen LogP contribution in [0.3, 0.4) is 0 Å². The van der Waals surface area contributed by atoms with Gasteiger partial charge in [-0.1, -0.05) is 6.92 Å². The Kier molecular flexibility index (Phi) is 24.6. The monoisotopic (exact) mass is 323 g/mol. The van der Waals surface area contributed by atoms with Gasteiger partial charge in [-0.25, -0.2) is 0 Å². The Labute approximate surface area is 133 Å². The molecule has 7 N–H and O–H groups in total. The molecule has 22 heavy (non-hydrogen) atoms. The Morgan fingerprint density at radius 3 is 1.41 bits per heavy atom. The zero-order chi connectivity index (χ0) is 18.9. The fourth-order valence-corrected chi connectivity index (χ4v) is 0.668. The van der Waals surface area contributed by atoms with Crippen molar-refractivity contribution in [2.45, 2.75) is 33.2 Å². The van der Waals surface area contributed by atoms with Crippen LogP contribution >= 0.6 is 0 Å². The summed E-state index contributed by atoms with van der Waals surface area (Å²) >= 11 is 0. The number of hydrogen-bond donors (Lipinski definition) is 5. The van der Waals surface area contributed by atoms with Crippen LogP contribution < -0.4 is 11.5 Å². The Morgan fingerprint density at radius 1 is 1.14 bits per heavy atom. The molecule has 0 aromatic carbocycles. The maximum Gasteiger partial charge on any atom is 0.320 e. The molecule has 0 heterocycles. The lowest BCUT2D eigenvalue weighted by molar-refractivity contribution is -0.141. The van der Waals surface area contributed by atoms with Crippen LogP contribution in [0.5, 0.6) is 0 Å². The van der Waals surface area contributed by atoms with Crippen LogP contribution in [0.4, 0.5) is 0 Å². The molecule has 0 spiro atoms. The normalized spacial score (nSPS) is 10.0. The van der Waals surface area contributed by atoms with Crippen molar-refractivity contribution in [2.24, 2.45) is 11.5 Å². The van der Waals surface area contributed by atoms with Crippen molar-refractivity contribution < 1.29 is 19.8 Å². The molecule has 9 nitrogen and oxygen atoms in total. The van der Waals surface area contributed by atoms with Crippen LogP contribution in [0.1, 0.15) is 27.2 Å². The van der Waals surface area contributed by atoms with E-state index < -0.39 is 11.9 Å². The number of likely N-dealkylation sites (N-methyl/N-ethyl adjacent to an activating group) is 1. The van der Waals surface area contributed by atoms with Crippen LogP contribution in [0.25, 0.3) is 0 Å². The topological polar surface area (TPSA) is 157 Å². The summed E-state index contributed by atoms with van der Waals surface area (Å²) in [5.74, 6) is -1.95. The molecule has 0 saturated carbocycles. The van der Waals surface area contributed by atoms with E-state index in [2.05, 4.69) is 37.4 Å². The third kappa shape index (κ3) is 63.8.